The van der Waals surface area contributed by atoms with E-state index in [2.05, 4.69) is 20.8 Å². The van der Waals surface area contributed by atoms with Gasteiger partial charge in [-0.2, -0.15) is 0 Å². The minimum absolute atomic E-state index is 0.119. The van der Waals surface area contributed by atoms with Gasteiger partial charge >= 0.3 is 0 Å². The van der Waals surface area contributed by atoms with Gasteiger partial charge in [-0.15, -0.1) is 5.10 Å². The maximum Gasteiger partial charge on any atom is 0.260 e. The molecule has 0 saturated carbocycles. The van der Waals surface area contributed by atoms with Crippen molar-refractivity contribution in [2.24, 2.45) is 5.92 Å². The smallest absolute Gasteiger partial charge is 0.260 e. The molecule has 1 N–H and O–H groups in total. The number of anilines is 1. The van der Waals surface area contributed by atoms with Gasteiger partial charge in [0.25, 0.3) is 5.91 Å². The normalized spacial score (nSPS) is 16.0. The molecule has 31 heavy (non-hydrogen) atoms. The second-order valence-corrected chi connectivity index (χ2v) is 7.60. The van der Waals surface area contributed by atoms with E-state index in [0.717, 1.165) is 12.1 Å². The zero-order chi connectivity index (χ0) is 21.6. The molecular formula is C21H21ClN6O3. The summed E-state index contributed by atoms with van der Waals surface area (Å²) in [6.07, 6.45) is 2.95. The van der Waals surface area contributed by atoms with Crippen LogP contribution in [0.3, 0.4) is 0 Å². The Hall–Kier alpha value is -3.46. The molecule has 2 aromatic carbocycles. The largest absolute Gasteiger partial charge is 0.482 e. The molecule has 1 fully saturated rings. The molecule has 1 aromatic heterocycles. The van der Waals surface area contributed by atoms with Gasteiger partial charge in [-0.05, 0) is 53.6 Å². The predicted molar refractivity (Wildman–Crippen MR) is 114 cm³/mol. The number of likely N-dealkylation sites (tertiary alicyclic amines) is 1. The van der Waals surface area contributed by atoms with Gasteiger partial charge in [0.1, 0.15) is 12.1 Å². The fourth-order valence-electron chi connectivity index (χ4n) is 3.46. The Bertz CT molecular complexity index is 1060. The summed E-state index contributed by atoms with van der Waals surface area (Å²) in [4.78, 5) is 27.1. The van der Waals surface area contributed by atoms with Crippen molar-refractivity contribution in [2.75, 3.05) is 25.0 Å². The fraction of sp³-hybridized carbons (Fsp3) is 0.286. The number of tetrazole rings is 1. The molecule has 2 heterocycles. The second-order valence-electron chi connectivity index (χ2n) is 7.19. The number of carbonyl (C=O) groups excluding carboxylic acids is 2. The molecular weight excluding hydrogens is 420 g/mol. The molecule has 1 unspecified atom stereocenters. The van der Waals surface area contributed by atoms with Crippen LogP contribution in [0, 0.1) is 5.92 Å². The van der Waals surface area contributed by atoms with Crippen LogP contribution in [0.1, 0.15) is 12.8 Å². The lowest BCUT2D eigenvalue weighted by Crippen LogP contribution is -2.45. The lowest BCUT2D eigenvalue weighted by molar-refractivity contribution is -0.136. The third kappa shape index (κ3) is 5.18. The van der Waals surface area contributed by atoms with Crippen molar-refractivity contribution in [3.05, 3.63) is 59.9 Å². The molecule has 1 saturated heterocycles. The molecule has 1 atom stereocenters. The van der Waals surface area contributed by atoms with E-state index in [1.54, 1.807) is 41.3 Å². The number of ether oxygens (including phenoxy) is 1. The highest BCUT2D eigenvalue weighted by atomic mass is 35.5. The van der Waals surface area contributed by atoms with E-state index in [1.165, 1.54) is 11.0 Å². The first-order chi connectivity index (χ1) is 15.1. The summed E-state index contributed by atoms with van der Waals surface area (Å²) < 4.78 is 7.06. The van der Waals surface area contributed by atoms with E-state index in [1.807, 2.05) is 12.1 Å². The van der Waals surface area contributed by atoms with Gasteiger partial charge in [-0.25, -0.2) is 4.68 Å². The van der Waals surface area contributed by atoms with Gasteiger partial charge < -0.3 is 15.0 Å². The molecule has 1 aliphatic heterocycles. The molecule has 0 bridgehead atoms. The minimum atomic E-state index is -0.297. The Morgan fingerprint density at radius 2 is 2.06 bits per heavy atom. The topological polar surface area (TPSA) is 102 Å². The molecule has 9 nitrogen and oxygen atoms in total. The number of piperidine rings is 1. The number of para-hydroxylation sites is 1. The predicted octanol–water partition coefficient (Wildman–Crippen LogP) is 2.57. The molecule has 2 amide bonds. The zero-order valence-electron chi connectivity index (χ0n) is 16.6. The van der Waals surface area contributed by atoms with Gasteiger partial charge in [0.2, 0.25) is 5.91 Å². The first-order valence-electron chi connectivity index (χ1n) is 9.89. The van der Waals surface area contributed by atoms with E-state index in [-0.39, 0.29) is 24.3 Å². The molecule has 10 heteroatoms. The van der Waals surface area contributed by atoms with Crippen LogP contribution in [0.5, 0.6) is 5.75 Å². The molecule has 4 rings (SSSR count). The molecule has 3 aromatic rings. The first kappa shape index (κ1) is 20.8. The van der Waals surface area contributed by atoms with Crippen molar-refractivity contribution in [2.45, 2.75) is 12.8 Å². The third-order valence-corrected chi connectivity index (χ3v) is 5.37. The number of nitrogens with one attached hydrogen (secondary N) is 1. The Morgan fingerprint density at radius 3 is 2.87 bits per heavy atom. The lowest BCUT2D eigenvalue weighted by atomic mass is 9.97. The molecule has 160 valence electrons. The Morgan fingerprint density at radius 1 is 1.19 bits per heavy atom. The number of amides is 2. The number of rotatable bonds is 6. The van der Waals surface area contributed by atoms with E-state index in [9.17, 15) is 9.59 Å². The van der Waals surface area contributed by atoms with E-state index in [0.29, 0.717) is 36.0 Å². The van der Waals surface area contributed by atoms with Crippen LogP contribution < -0.4 is 10.1 Å². The SMILES string of the molecule is O=C(Nc1cccc(-n2cnnn2)c1)C1CCCN(C(=O)COc2ccccc2Cl)C1. The van der Waals surface area contributed by atoms with Gasteiger partial charge in [-0.1, -0.05) is 29.8 Å². The maximum absolute atomic E-state index is 12.8. The van der Waals surface area contributed by atoms with Crippen molar-refractivity contribution in [3.8, 4) is 11.4 Å². The number of hydrogen-bond donors (Lipinski definition) is 1. The van der Waals surface area contributed by atoms with Crippen LogP contribution in [-0.2, 0) is 9.59 Å². The zero-order valence-corrected chi connectivity index (χ0v) is 17.4. The summed E-state index contributed by atoms with van der Waals surface area (Å²) >= 11 is 6.06. The van der Waals surface area contributed by atoms with E-state index in [4.69, 9.17) is 16.3 Å². The minimum Gasteiger partial charge on any atom is -0.482 e. The molecule has 1 aliphatic rings. The summed E-state index contributed by atoms with van der Waals surface area (Å²) in [6.45, 7) is 0.832. The quantitative estimate of drug-likeness (QED) is 0.632. The molecule has 0 aliphatic carbocycles. The van der Waals surface area contributed by atoms with Gasteiger partial charge in [-0.3, -0.25) is 9.59 Å². The summed E-state index contributed by atoms with van der Waals surface area (Å²) in [5.41, 5.74) is 1.38. The summed E-state index contributed by atoms with van der Waals surface area (Å²) in [5.74, 6) is -0.127. The molecule has 0 spiro atoms. The molecule has 0 radical (unpaired) electrons. The van der Waals surface area contributed by atoms with E-state index >= 15 is 0 Å². The average Bonchev–Trinajstić information content (AvgIpc) is 3.34. The van der Waals surface area contributed by atoms with Crippen LogP contribution >= 0.6 is 11.6 Å². The summed E-state index contributed by atoms with van der Waals surface area (Å²) in [7, 11) is 0. The van der Waals surface area contributed by atoms with Crippen LogP contribution in [0.15, 0.2) is 54.9 Å². The lowest BCUT2D eigenvalue weighted by Gasteiger charge is -2.32. The highest BCUT2D eigenvalue weighted by molar-refractivity contribution is 6.32. The standard InChI is InChI=1S/C21H21ClN6O3/c22-18-8-1-2-9-19(18)31-13-20(29)27-10-4-5-15(12-27)21(30)24-16-6-3-7-17(11-16)28-14-23-25-26-28/h1-3,6-9,11,14-15H,4-5,10,12-13H2,(H,24,30). The summed E-state index contributed by atoms with van der Waals surface area (Å²) in [5, 5.41) is 14.5. The highest BCUT2D eigenvalue weighted by Gasteiger charge is 2.28. The van der Waals surface area contributed by atoms with Crippen LogP contribution in [0.4, 0.5) is 5.69 Å². The monoisotopic (exact) mass is 440 g/mol. The Labute approximate surface area is 183 Å². The van der Waals surface area contributed by atoms with Crippen molar-refractivity contribution in [3.63, 3.8) is 0 Å². The van der Waals surface area contributed by atoms with Crippen molar-refractivity contribution >= 4 is 29.1 Å². The highest BCUT2D eigenvalue weighted by Crippen LogP contribution is 2.24. The van der Waals surface area contributed by atoms with Crippen LogP contribution in [0.2, 0.25) is 5.02 Å². The average molecular weight is 441 g/mol. The van der Waals surface area contributed by atoms with Crippen molar-refractivity contribution in [1.82, 2.24) is 25.1 Å². The Kier molecular flexibility index (Phi) is 6.42. The van der Waals surface area contributed by atoms with Gasteiger partial charge in [0, 0.05) is 18.8 Å². The van der Waals surface area contributed by atoms with Crippen LogP contribution in [0.25, 0.3) is 5.69 Å². The first-order valence-corrected chi connectivity index (χ1v) is 10.3. The number of hydrogen-bond acceptors (Lipinski definition) is 6. The van der Waals surface area contributed by atoms with E-state index < -0.39 is 0 Å². The van der Waals surface area contributed by atoms with Crippen LogP contribution in [-0.4, -0.2) is 56.6 Å². The van der Waals surface area contributed by atoms with Gasteiger partial charge in [0.15, 0.2) is 6.61 Å². The number of aromatic nitrogens is 4. The van der Waals surface area contributed by atoms with Gasteiger partial charge in [0.05, 0.1) is 16.6 Å². The third-order valence-electron chi connectivity index (χ3n) is 5.06. The van der Waals surface area contributed by atoms with Crippen molar-refractivity contribution in [1.29, 1.82) is 0 Å². The maximum atomic E-state index is 12.8. The number of benzene rings is 2. The number of nitrogens with zero attached hydrogens (tertiary/aromatic N) is 5. The number of halogens is 1. The second kappa shape index (κ2) is 9.57. The fourth-order valence-corrected chi connectivity index (χ4v) is 3.65. The Balaban J connectivity index is 1.34. The van der Waals surface area contributed by atoms with Crippen molar-refractivity contribution < 1.29 is 14.3 Å². The number of carbonyl (C=O) groups is 2. The summed E-state index contributed by atoms with van der Waals surface area (Å²) in [6, 6.07) is 14.3.